The summed E-state index contributed by atoms with van der Waals surface area (Å²) in [7, 11) is 0. The normalized spacial score (nSPS) is 10.2. The summed E-state index contributed by atoms with van der Waals surface area (Å²) in [5, 5.41) is 0. The van der Waals surface area contributed by atoms with Crippen molar-refractivity contribution in [3.05, 3.63) is 29.1 Å². The summed E-state index contributed by atoms with van der Waals surface area (Å²) in [5.41, 5.74) is 0.0567. The van der Waals surface area contributed by atoms with Gasteiger partial charge in [0.05, 0.1) is 17.8 Å². The first-order valence-electron chi connectivity index (χ1n) is 3.02. The highest BCUT2D eigenvalue weighted by Crippen LogP contribution is 2.14. The molecule has 0 aliphatic carbocycles. The fraction of sp³-hybridized carbons (Fsp3) is 0.286. The van der Waals surface area contributed by atoms with Crippen LogP contribution < -0.4 is 0 Å². The second-order valence-corrected chi connectivity index (χ2v) is 2.39. The molecular formula is C7H6ClF2N. The standard InChI is InChI=1S/C7H6ClF2N/c1-4-5(9)3-11-6(2-8)7(4)10/h3H,2H2,1H3. The van der Waals surface area contributed by atoms with Crippen LogP contribution in [0.1, 0.15) is 11.3 Å². The Labute approximate surface area is 68.0 Å². The molecule has 0 amide bonds. The summed E-state index contributed by atoms with van der Waals surface area (Å²) in [5.74, 6) is -1.33. The molecule has 0 bridgehead atoms. The van der Waals surface area contributed by atoms with E-state index in [0.717, 1.165) is 6.20 Å². The molecule has 60 valence electrons. The maximum Gasteiger partial charge on any atom is 0.151 e. The Morgan fingerprint density at radius 2 is 2.18 bits per heavy atom. The minimum absolute atomic E-state index is 0.0318. The van der Waals surface area contributed by atoms with Gasteiger partial charge in [-0.15, -0.1) is 11.6 Å². The summed E-state index contributed by atoms with van der Waals surface area (Å²) in [6, 6.07) is 0. The number of hydrogen-bond acceptors (Lipinski definition) is 1. The lowest BCUT2D eigenvalue weighted by atomic mass is 10.2. The predicted molar refractivity (Wildman–Crippen MR) is 38.4 cm³/mol. The molecule has 1 heterocycles. The molecule has 0 aliphatic heterocycles. The molecular weight excluding hydrogens is 172 g/mol. The number of pyridine rings is 1. The lowest BCUT2D eigenvalue weighted by molar-refractivity contribution is 0.549. The molecule has 4 heteroatoms. The van der Waals surface area contributed by atoms with E-state index in [1.165, 1.54) is 6.92 Å². The molecule has 0 spiro atoms. The molecule has 1 aromatic rings. The third-order valence-corrected chi connectivity index (χ3v) is 1.65. The SMILES string of the molecule is Cc1c(F)cnc(CCl)c1F. The first kappa shape index (κ1) is 8.40. The van der Waals surface area contributed by atoms with Gasteiger partial charge in [-0.25, -0.2) is 8.78 Å². The quantitative estimate of drug-likeness (QED) is 0.601. The van der Waals surface area contributed by atoms with E-state index < -0.39 is 11.6 Å². The van der Waals surface area contributed by atoms with Crippen molar-refractivity contribution in [2.24, 2.45) is 0 Å². The highest BCUT2D eigenvalue weighted by Gasteiger charge is 2.09. The summed E-state index contributed by atoms with van der Waals surface area (Å²) in [4.78, 5) is 3.48. The molecule has 1 rings (SSSR count). The van der Waals surface area contributed by atoms with Gasteiger partial charge in [-0.05, 0) is 6.92 Å². The zero-order valence-corrected chi connectivity index (χ0v) is 6.62. The van der Waals surface area contributed by atoms with Crippen LogP contribution in [0.5, 0.6) is 0 Å². The first-order chi connectivity index (χ1) is 5.16. The highest BCUT2D eigenvalue weighted by molar-refractivity contribution is 6.16. The van der Waals surface area contributed by atoms with Gasteiger partial charge in [-0.2, -0.15) is 0 Å². The van der Waals surface area contributed by atoms with Crippen LogP contribution in [0.25, 0.3) is 0 Å². The molecule has 0 saturated heterocycles. The monoisotopic (exact) mass is 177 g/mol. The van der Waals surface area contributed by atoms with Crippen molar-refractivity contribution in [2.75, 3.05) is 0 Å². The number of halogens is 3. The molecule has 0 atom stereocenters. The van der Waals surface area contributed by atoms with Crippen LogP contribution >= 0.6 is 11.6 Å². The zero-order valence-electron chi connectivity index (χ0n) is 5.87. The number of nitrogens with zero attached hydrogens (tertiary/aromatic N) is 1. The van der Waals surface area contributed by atoms with E-state index in [1.807, 2.05) is 0 Å². The lowest BCUT2D eigenvalue weighted by Crippen LogP contribution is -1.97. The third kappa shape index (κ3) is 1.48. The van der Waals surface area contributed by atoms with Crippen molar-refractivity contribution in [2.45, 2.75) is 12.8 Å². The van der Waals surface area contributed by atoms with Crippen molar-refractivity contribution in [1.29, 1.82) is 0 Å². The van der Waals surface area contributed by atoms with Gasteiger partial charge in [-0.1, -0.05) is 0 Å². The van der Waals surface area contributed by atoms with Gasteiger partial charge < -0.3 is 0 Å². The Hall–Kier alpha value is -0.700. The Balaban J connectivity index is 3.25. The summed E-state index contributed by atoms with van der Waals surface area (Å²) >= 11 is 5.33. The molecule has 0 N–H and O–H groups in total. The van der Waals surface area contributed by atoms with E-state index in [4.69, 9.17) is 11.6 Å². The Morgan fingerprint density at radius 1 is 1.55 bits per heavy atom. The number of alkyl halides is 1. The predicted octanol–water partition coefficient (Wildman–Crippen LogP) is 2.41. The van der Waals surface area contributed by atoms with Crippen LogP contribution in [0.15, 0.2) is 6.20 Å². The smallest absolute Gasteiger partial charge is 0.151 e. The van der Waals surface area contributed by atoms with Gasteiger partial charge in [0.1, 0.15) is 5.82 Å². The molecule has 0 fully saturated rings. The van der Waals surface area contributed by atoms with Crippen LogP contribution in [0.2, 0.25) is 0 Å². The molecule has 0 unspecified atom stereocenters. The fourth-order valence-corrected chi connectivity index (χ4v) is 0.889. The van der Waals surface area contributed by atoms with E-state index in [-0.39, 0.29) is 17.1 Å². The molecule has 1 nitrogen and oxygen atoms in total. The summed E-state index contributed by atoms with van der Waals surface area (Å²) in [6.45, 7) is 1.35. The molecule has 0 aliphatic rings. The topological polar surface area (TPSA) is 12.9 Å². The van der Waals surface area contributed by atoms with Gasteiger partial charge in [0.15, 0.2) is 5.82 Å². The van der Waals surface area contributed by atoms with E-state index in [9.17, 15) is 8.78 Å². The van der Waals surface area contributed by atoms with Crippen LogP contribution in [0.3, 0.4) is 0 Å². The van der Waals surface area contributed by atoms with Gasteiger partial charge in [0, 0.05) is 5.56 Å². The molecule has 0 radical (unpaired) electrons. The Morgan fingerprint density at radius 3 is 2.73 bits per heavy atom. The van der Waals surface area contributed by atoms with Crippen LogP contribution in [0, 0.1) is 18.6 Å². The van der Waals surface area contributed by atoms with E-state index in [0.29, 0.717) is 0 Å². The minimum atomic E-state index is -0.653. The van der Waals surface area contributed by atoms with Crippen LogP contribution in [-0.4, -0.2) is 4.98 Å². The maximum absolute atomic E-state index is 12.9. The minimum Gasteiger partial charge on any atom is -0.254 e. The van der Waals surface area contributed by atoms with Crippen molar-refractivity contribution in [1.82, 2.24) is 4.98 Å². The van der Waals surface area contributed by atoms with Crippen LogP contribution in [-0.2, 0) is 5.88 Å². The van der Waals surface area contributed by atoms with Gasteiger partial charge in [-0.3, -0.25) is 4.98 Å². The number of hydrogen-bond donors (Lipinski definition) is 0. The van der Waals surface area contributed by atoms with Gasteiger partial charge in [0.25, 0.3) is 0 Å². The number of rotatable bonds is 1. The first-order valence-corrected chi connectivity index (χ1v) is 3.55. The van der Waals surface area contributed by atoms with E-state index >= 15 is 0 Å². The Kier molecular flexibility index (Phi) is 2.39. The molecule has 0 saturated carbocycles. The van der Waals surface area contributed by atoms with Gasteiger partial charge in [0.2, 0.25) is 0 Å². The molecule has 11 heavy (non-hydrogen) atoms. The largest absolute Gasteiger partial charge is 0.254 e. The van der Waals surface area contributed by atoms with E-state index in [2.05, 4.69) is 4.98 Å². The fourth-order valence-electron chi connectivity index (χ4n) is 0.703. The zero-order chi connectivity index (χ0) is 8.43. The summed E-state index contributed by atoms with van der Waals surface area (Å²) in [6.07, 6.45) is 0.968. The van der Waals surface area contributed by atoms with Crippen molar-refractivity contribution < 1.29 is 8.78 Å². The third-order valence-electron chi connectivity index (χ3n) is 1.40. The van der Waals surface area contributed by atoms with Crippen molar-refractivity contribution >= 4 is 11.6 Å². The molecule has 1 aromatic heterocycles. The van der Waals surface area contributed by atoms with Crippen LogP contribution in [0.4, 0.5) is 8.78 Å². The van der Waals surface area contributed by atoms with Crippen molar-refractivity contribution in [3.63, 3.8) is 0 Å². The lowest BCUT2D eigenvalue weighted by Gasteiger charge is -2.00. The molecule has 0 aromatic carbocycles. The average molecular weight is 178 g/mol. The highest BCUT2D eigenvalue weighted by atomic mass is 35.5. The summed E-state index contributed by atoms with van der Waals surface area (Å²) < 4.78 is 25.4. The van der Waals surface area contributed by atoms with Gasteiger partial charge >= 0.3 is 0 Å². The van der Waals surface area contributed by atoms with E-state index in [1.54, 1.807) is 0 Å². The average Bonchev–Trinajstić information content (AvgIpc) is 2.01. The second kappa shape index (κ2) is 3.13. The number of aromatic nitrogens is 1. The maximum atomic E-state index is 12.9. The van der Waals surface area contributed by atoms with Crippen molar-refractivity contribution in [3.8, 4) is 0 Å². The second-order valence-electron chi connectivity index (χ2n) is 2.13. The Bertz CT molecular complexity index is 275.